The Bertz CT molecular complexity index is 1070. The molecule has 0 saturated carbocycles. The van der Waals surface area contributed by atoms with E-state index in [-0.39, 0.29) is 18.6 Å². The van der Waals surface area contributed by atoms with Crippen molar-refractivity contribution in [2.24, 2.45) is 5.92 Å². The zero-order chi connectivity index (χ0) is 19.3. The largest absolute Gasteiger partial charge is 0.477 e. The minimum Gasteiger partial charge on any atom is -0.477 e. The van der Waals surface area contributed by atoms with Gasteiger partial charge in [-0.25, -0.2) is 14.4 Å². The Morgan fingerprint density at radius 3 is 3.07 bits per heavy atom. The Balaban J connectivity index is 1.69. The van der Waals surface area contributed by atoms with Gasteiger partial charge < -0.3 is 15.0 Å². The molecule has 2 aliphatic heterocycles. The molecule has 0 spiro atoms. The third-order valence-corrected chi connectivity index (χ3v) is 5.31. The number of carbonyl (C=O) groups is 1. The number of aromatic amines is 1. The van der Waals surface area contributed by atoms with Gasteiger partial charge in [0.2, 0.25) is 11.8 Å². The van der Waals surface area contributed by atoms with Gasteiger partial charge in [0.1, 0.15) is 12.4 Å². The molecule has 1 fully saturated rings. The van der Waals surface area contributed by atoms with E-state index in [0.717, 1.165) is 36.8 Å². The van der Waals surface area contributed by atoms with Crippen LogP contribution in [0.2, 0.25) is 0 Å². The van der Waals surface area contributed by atoms with Gasteiger partial charge >= 0.3 is 0 Å². The van der Waals surface area contributed by atoms with Crippen molar-refractivity contribution in [3.05, 3.63) is 35.9 Å². The lowest BCUT2D eigenvalue weighted by atomic mass is 10.1. The van der Waals surface area contributed by atoms with Crippen LogP contribution in [0.3, 0.4) is 0 Å². The topological polar surface area (TPSA) is 96.0 Å². The Morgan fingerprint density at radius 2 is 2.18 bits per heavy atom. The maximum Gasteiger partial charge on any atom is 0.230 e. The third-order valence-electron chi connectivity index (χ3n) is 5.31. The summed E-state index contributed by atoms with van der Waals surface area (Å²) < 4.78 is 19.9. The molecule has 0 unspecified atom stereocenters. The fourth-order valence-corrected chi connectivity index (χ4v) is 3.87. The molecule has 28 heavy (non-hydrogen) atoms. The van der Waals surface area contributed by atoms with E-state index in [9.17, 15) is 9.18 Å². The van der Waals surface area contributed by atoms with Crippen molar-refractivity contribution in [3.8, 4) is 5.88 Å². The maximum absolute atomic E-state index is 14.0. The van der Waals surface area contributed by atoms with E-state index in [0.29, 0.717) is 22.8 Å². The number of rotatable bonds is 0. The number of pyridine rings is 2. The summed E-state index contributed by atoms with van der Waals surface area (Å²) in [4.78, 5) is 23.2. The number of carbonyl (C=O) groups excluding carboxylic acids is 1. The smallest absolute Gasteiger partial charge is 0.230 e. The molecule has 2 atom stereocenters. The zero-order valence-corrected chi connectivity index (χ0v) is 15.3. The molecule has 1 saturated heterocycles. The van der Waals surface area contributed by atoms with Gasteiger partial charge in [0.25, 0.3) is 0 Å². The number of fused-ring (bicyclic) bond motifs is 5. The Kier molecular flexibility index (Phi) is 3.88. The van der Waals surface area contributed by atoms with E-state index in [1.54, 1.807) is 13.1 Å². The normalized spacial score (nSPS) is 21.9. The fourth-order valence-electron chi connectivity index (χ4n) is 3.87. The summed E-state index contributed by atoms with van der Waals surface area (Å²) in [5, 5.41) is 11.1. The van der Waals surface area contributed by atoms with Crippen LogP contribution in [0.5, 0.6) is 5.88 Å². The van der Waals surface area contributed by atoms with Crippen LogP contribution in [0.4, 0.5) is 15.9 Å². The second-order valence-electron chi connectivity index (χ2n) is 7.27. The van der Waals surface area contributed by atoms with Crippen LogP contribution in [0.15, 0.2) is 24.5 Å². The summed E-state index contributed by atoms with van der Waals surface area (Å²) in [6.45, 7) is 2.69. The number of H-pyrrole nitrogens is 1. The number of halogens is 1. The van der Waals surface area contributed by atoms with Crippen LogP contribution in [-0.4, -0.2) is 39.2 Å². The lowest BCUT2D eigenvalue weighted by Gasteiger charge is -2.26. The van der Waals surface area contributed by atoms with E-state index >= 15 is 0 Å². The van der Waals surface area contributed by atoms with Crippen LogP contribution in [-0.2, 0) is 4.79 Å². The van der Waals surface area contributed by atoms with Gasteiger partial charge in [-0.05, 0) is 25.0 Å². The number of nitrogens with one attached hydrogen (secondary N) is 2. The first-order chi connectivity index (χ1) is 13.6. The maximum atomic E-state index is 14.0. The van der Waals surface area contributed by atoms with Crippen LogP contribution in [0, 0.1) is 11.7 Å². The predicted octanol–water partition coefficient (Wildman–Crippen LogP) is 2.80. The number of nitrogens with zero attached hydrogens (tertiary/aromatic N) is 4. The van der Waals surface area contributed by atoms with Gasteiger partial charge in [0, 0.05) is 12.1 Å². The van der Waals surface area contributed by atoms with Gasteiger partial charge in [-0.3, -0.25) is 9.89 Å². The minimum absolute atomic E-state index is 0.118. The van der Waals surface area contributed by atoms with Crippen molar-refractivity contribution in [1.29, 1.82) is 0 Å². The standard InChI is InChI=1S/C19H19FN6O2/c1-10-9-28-19-13(5-11(20)7-22-19)15-3-2-4-26(15)17-14-6-12(23-18(10)27)8-21-16(14)24-25-17/h5-8,10,15H,2-4,9H2,1H3,(H,23,27)(H,21,24,25)/t10-,15-/m1/s1. The summed E-state index contributed by atoms with van der Waals surface area (Å²) >= 11 is 0. The average Bonchev–Trinajstić information content (AvgIpc) is 3.32. The molecule has 5 heterocycles. The monoisotopic (exact) mass is 382 g/mol. The van der Waals surface area contributed by atoms with E-state index < -0.39 is 11.7 Å². The van der Waals surface area contributed by atoms with Crippen LogP contribution < -0.4 is 15.0 Å². The highest BCUT2D eigenvalue weighted by atomic mass is 19.1. The first-order valence-corrected chi connectivity index (χ1v) is 9.30. The van der Waals surface area contributed by atoms with Gasteiger partial charge in [0.15, 0.2) is 11.5 Å². The van der Waals surface area contributed by atoms with Gasteiger partial charge in [-0.15, -0.1) is 0 Å². The van der Waals surface area contributed by atoms with Crippen LogP contribution >= 0.6 is 0 Å². The Hall–Kier alpha value is -3.23. The number of anilines is 2. The third kappa shape index (κ3) is 2.74. The highest BCUT2D eigenvalue weighted by Crippen LogP contribution is 2.41. The summed E-state index contributed by atoms with van der Waals surface area (Å²) in [6.07, 6.45) is 4.51. The van der Waals surface area contributed by atoms with Crippen LogP contribution in [0.1, 0.15) is 31.4 Å². The zero-order valence-electron chi connectivity index (χ0n) is 15.3. The van der Waals surface area contributed by atoms with Gasteiger partial charge in [-0.2, -0.15) is 5.10 Å². The molecule has 2 N–H and O–H groups in total. The van der Waals surface area contributed by atoms with Crippen molar-refractivity contribution in [2.75, 3.05) is 23.4 Å². The summed E-state index contributed by atoms with van der Waals surface area (Å²) in [5.41, 5.74) is 1.91. The van der Waals surface area contributed by atoms with Crippen LogP contribution in [0.25, 0.3) is 11.0 Å². The molecule has 1 amide bonds. The summed E-state index contributed by atoms with van der Waals surface area (Å²) in [6, 6.07) is 3.21. The van der Waals surface area contributed by atoms with Crippen molar-refractivity contribution in [1.82, 2.24) is 20.2 Å². The molecule has 2 aliphatic rings. The first kappa shape index (κ1) is 16.9. The number of hydrogen-bond acceptors (Lipinski definition) is 6. The number of ether oxygens (including phenoxy) is 1. The molecule has 3 aromatic rings. The Labute approximate surface area is 160 Å². The lowest BCUT2D eigenvalue weighted by molar-refractivity contribution is -0.120. The molecule has 144 valence electrons. The molecular formula is C19H19FN6O2. The summed E-state index contributed by atoms with van der Waals surface area (Å²) in [7, 11) is 0. The van der Waals surface area contributed by atoms with E-state index in [1.807, 2.05) is 6.07 Å². The molecule has 8 nitrogen and oxygen atoms in total. The van der Waals surface area contributed by atoms with Gasteiger partial charge in [0.05, 0.1) is 35.4 Å². The predicted molar refractivity (Wildman–Crippen MR) is 101 cm³/mol. The van der Waals surface area contributed by atoms with Gasteiger partial charge in [-0.1, -0.05) is 6.92 Å². The molecular weight excluding hydrogens is 363 g/mol. The molecule has 3 aromatic heterocycles. The number of amides is 1. The second-order valence-corrected chi connectivity index (χ2v) is 7.27. The van der Waals surface area contributed by atoms with E-state index in [4.69, 9.17) is 4.74 Å². The molecule has 0 aliphatic carbocycles. The van der Waals surface area contributed by atoms with Crippen molar-refractivity contribution in [2.45, 2.75) is 25.8 Å². The van der Waals surface area contributed by atoms with E-state index in [2.05, 4.69) is 30.4 Å². The molecule has 0 radical (unpaired) electrons. The SMILES string of the molecule is C[C@@H]1COc2ncc(F)cc2[C@H]2CCCN2c2n[nH]c3ncc(cc23)NC1=O. The van der Waals surface area contributed by atoms with Crippen molar-refractivity contribution in [3.63, 3.8) is 0 Å². The summed E-state index contributed by atoms with van der Waals surface area (Å²) in [5.74, 6) is 0.0619. The molecule has 2 bridgehead atoms. The second kappa shape index (κ2) is 6.43. The quantitative estimate of drug-likeness (QED) is 0.621. The number of aromatic nitrogens is 4. The minimum atomic E-state index is -0.417. The highest BCUT2D eigenvalue weighted by Gasteiger charge is 2.33. The number of hydrogen-bond donors (Lipinski definition) is 2. The lowest BCUT2D eigenvalue weighted by Crippen LogP contribution is -2.26. The molecule has 0 aromatic carbocycles. The first-order valence-electron chi connectivity index (χ1n) is 9.30. The molecule has 9 heteroatoms. The average molecular weight is 382 g/mol. The fraction of sp³-hybridized carbons (Fsp3) is 0.368. The highest BCUT2D eigenvalue weighted by molar-refractivity contribution is 5.96. The molecule has 5 rings (SSSR count). The van der Waals surface area contributed by atoms with Crippen molar-refractivity contribution < 1.29 is 13.9 Å². The Morgan fingerprint density at radius 1 is 1.29 bits per heavy atom. The van der Waals surface area contributed by atoms with Crippen molar-refractivity contribution >= 4 is 28.4 Å². The van der Waals surface area contributed by atoms with E-state index in [1.165, 1.54) is 6.07 Å².